The van der Waals surface area contributed by atoms with Gasteiger partial charge in [0.05, 0.1) is 6.10 Å². The molecule has 1 fully saturated rings. The van der Waals surface area contributed by atoms with E-state index in [1.165, 1.54) is 32.1 Å². The van der Waals surface area contributed by atoms with E-state index in [4.69, 9.17) is 23.2 Å². The lowest BCUT2D eigenvalue weighted by molar-refractivity contribution is 0.149. The lowest BCUT2D eigenvalue weighted by Crippen LogP contribution is -2.15. The number of rotatable bonds is 5. The third-order valence-electron chi connectivity index (χ3n) is 4.13. The van der Waals surface area contributed by atoms with E-state index in [9.17, 15) is 5.11 Å². The standard InChI is InChI=1S/C16H22Cl2O/c17-15-7-4-8-16(18)14(15)11-13(19)10-9-12-5-2-1-3-6-12/h4,7-8,12-13,19H,1-3,5-6,9-11H2. The summed E-state index contributed by atoms with van der Waals surface area (Å²) in [5.41, 5.74) is 0.877. The second kappa shape index (κ2) is 7.52. The third kappa shape index (κ3) is 4.66. The highest BCUT2D eigenvalue weighted by atomic mass is 35.5. The zero-order valence-electron chi connectivity index (χ0n) is 11.2. The first-order chi connectivity index (χ1) is 9.16. The van der Waals surface area contributed by atoms with Crippen LogP contribution in [0.25, 0.3) is 0 Å². The summed E-state index contributed by atoms with van der Waals surface area (Å²) in [7, 11) is 0. The molecule has 1 aliphatic rings. The van der Waals surface area contributed by atoms with Crippen molar-refractivity contribution in [3.63, 3.8) is 0 Å². The summed E-state index contributed by atoms with van der Waals surface area (Å²) < 4.78 is 0. The molecule has 1 nitrogen and oxygen atoms in total. The van der Waals surface area contributed by atoms with Crippen molar-refractivity contribution in [2.24, 2.45) is 5.92 Å². The summed E-state index contributed by atoms with van der Waals surface area (Å²) in [6.07, 6.45) is 8.97. The van der Waals surface area contributed by atoms with E-state index in [1.54, 1.807) is 0 Å². The zero-order chi connectivity index (χ0) is 13.7. The molecular formula is C16H22Cl2O. The molecule has 19 heavy (non-hydrogen) atoms. The SMILES string of the molecule is OC(CCC1CCCCC1)Cc1c(Cl)cccc1Cl. The van der Waals surface area contributed by atoms with Gasteiger partial charge in [-0.05, 0) is 36.5 Å². The first-order valence-corrected chi connectivity index (χ1v) is 8.03. The largest absolute Gasteiger partial charge is 0.393 e. The molecule has 1 atom stereocenters. The number of hydrogen-bond acceptors (Lipinski definition) is 1. The van der Waals surface area contributed by atoms with Crippen molar-refractivity contribution in [2.45, 2.75) is 57.5 Å². The molecule has 0 bridgehead atoms. The van der Waals surface area contributed by atoms with E-state index < -0.39 is 0 Å². The highest BCUT2D eigenvalue weighted by Gasteiger charge is 2.16. The molecule has 0 aliphatic heterocycles. The average molecular weight is 301 g/mol. The first-order valence-electron chi connectivity index (χ1n) is 7.27. The second-order valence-corrected chi connectivity index (χ2v) is 6.45. The van der Waals surface area contributed by atoms with Gasteiger partial charge in [0.25, 0.3) is 0 Å². The van der Waals surface area contributed by atoms with Crippen LogP contribution in [0.5, 0.6) is 0 Å². The van der Waals surface area contributed by atoms with Crippen molar-refractivity contribution in [1.29, 1.82) is 0 Å². The summed E-state index contributed by atoms with van der Waals surface area (Å²) in [6, 6.07) is 5.50. The minimum Gasteiger partial charge on any atom is -0.393 e. The molecule has 1 aromatic rings. The maximum atomic E-state index is 10.2. The highest BCUT2D eigenvalue weighted by molar-refractivity contribution is 6.35. The fraction of sp³-hybridized carbons (Fsp3) is 0.625. The Bertz CT molecular complexity index is 379. The number of aliphatic hydroxyl groups is 1. The Balaban J connectivity index is 1.82. The molecule has 0 heterocycles. The van der Waals surface area contributed by atoms with Crippen molar-refractivity contribution in [1.82, 2.24) is 0 Å². The summed E-state index contributed by atoms with van der Waals surface area (Å²) in [6.45, 7) is 0. The highest BCUT2D eigenvalue weighted by Crippen LogP contribution is 2.30. The van der Waals surface area contributed by atoms with Gasteiger partial charge in [-0.3, -0.25) is 0 Å². The van der Waals surface area contributed by atoms with Gasteiger partial charge in [-0.1, -0.05) is 61.4 Å². The number of benzene rings is 1. The quantitative estimate of drug-likeness (QED) is 0.786. The predicted molar refractivity (Wildman–Crippen MR) is 82.0 cm³/mol. The van der Waals surface area contributed by atoms with Gasteiger partial charge in [-0.25, -0.2) is 0 Å². The maximum absolute atomic E-state index is 10.2. The normalized spacial score (nSPS) is 18.5. The molecule has 0 spiro atoms. The summed E-state index contributed by atoms with van der Waals surface area (Å²) >= 11 is 12.3. The Hall–Kier alpha value is -0.240. The Morgan fingerprint density at radius 1 is 1.11 bits per heavy atom. The molecule has 2 rings (SSSR count). The number of aliphatic hydroxyl groups excluding tert-OH is 1. The van der Waals surface area contributed by atoms with E-state index in [2.05, 4.69) is 0 Å². The van der Waals surface area contributed by atoms with Crippen molar-refractivity contribution in [2.75, 3.05) is 0 Å². The van der Waals surface area contributed by atoms with Crippen LogP contribution in [0.2, 0.25) is 10.0 Å². The molecular weight excluding hydrogens is 279 g/mol. The lowest BCUT2D eigenvalue weighted by atomic mass is 9.85. The molecule has 106 valence electrons. The summed E-state index contributed by atoms with van der Waals surface area (Å²) in [4.78, 5) is 0. The van der Waals surface area contributed by atoms with Crippen LogP contribution >= 0.6 is 23.2 Å². The van der Waals surface area contributed by atoms with Gasteiger partial charge >= 0.3 is 0 Å². The molecule has 0 saturated heterocycles. The van der Waals surface area contributed by atoms with E-state index in [-0.39, 0.29) is 6.10 Å². The van der Waals surface area contributed by atoms with Crippen LogP contribution < -0.4 is 0 Å². The van der Waals surface area contributed by atoms with Crippen molar-refractivity contribution < 1.29 is 5.11 Å². The van der Waals surface area contributed by atoms with Gasteiger partial charge in [0, 0.05) is 16.5 Å². The first kappa shape index (κ1) is 15.2. The second-order valence-electron chi connectivity index (χ2n) is 5.64. The van der Waals surface area contributed by atoms with Crippen molar-refractivity contribution in [3.8, 4) is 0 Å². The number of hydrogen-bond donors (Lipinski definition) is 1. The Labute approximate surface area is 125 Å². The van der Waals surface area contributed by atoms with Crippen LogP contribution in [0.15, 0.2) is 18.2 Å². The van der Waals surface area contributed by atoms with E-state index in [1.807, 2.05) is 18.2 Å². The lowest BCUT2D eigenvalue weighted by Gasteiger charge is -2.22. The molecule has 1 aromatic carbocycles. The molecule has 0 amide bonds. The molecule has 0 radical (unpaired) electrons. The summed E-state index contributed by atoms with van der Waals surface area (Å²) in [5.74, 6) is 0.810. The van der Waals surface area contributed by atoms with E-state index in [0.717, 1.165) is 24.3 Å². The van der Waals surface area contributed by atoms with E-state index >= 15 is 0 Å². The van der Waals surface area contributed by atoms with Gasteiger partial charge in [0.15, 0.2) is 0 Å². The molecule has 3 heteroatoms. The average Bonchev–Trinajstić information content (AvgIpc) is 2.42. The number of halogens is 2. The molecule has 0 aromatic heterocycles. The molecule has 1 unspecified atom stereocenters. The topological polar surface area (TPSA) is 20.2 Å². The van der Waals surface area contributed by atoms with Gasteiger partial charge in [0.1, 0.15) is 0 Å². The maximum Gasteiger partial charge on any atom is 0.0581 e. The van der Waals surface area contributed by atoms with Crippen LogP contribution in [0.1, 0.15) is 50.5 Å². The molecule has 1 aliphatic carbocycles. The van der Waals surface area contributed by atoms with Crippen LogP contribution in [-0.4, -0.2) is 11.2 Å². The smallest absolute Gasteiger partial charge is 0.0581 e. The van der Waals surface area contributed by atoms with E-state index in [0.29, 0.717) is 16.5 Å². The van der Waals surface area contributed by atoms with Crippen LogP contribution in [-0.2, 0) is 6.42 Å². The van der Waals surface area contributed by atoms with Crippen molar-refractivity contribution >= 4 is 23.2 Å². The monoisotopic (exact) mass is 300 g/mol. The Morgan fingerprint density at radius 2 is 1.74 bits per heavy atom. The predicted octanol–water partition coefficient (Wildman–Crippen LogP) is 5.26. The zero-order valence-corrected chi connectivity index (χ0v) is 12.8. The fourth-order valence-corrected chi connectivity index (χ4v) is 3.52. The Morgan fingerprint density at radius 3 is 2.37 bits per heavy atom. The van der Waals surface area contributed by atoms with Crippen molar-refractivity contribution in [3.05, 3.63) is 33.8 Å². The van der Waals surface area contributed by atoms with Crippen LogP contribution in [0.4, 0.5) is 0 Å². The molecule has 1 saturated carbocycles. The van der Waals surface area contributed by atoms with Gasteiger partial charge < -0.3 is 5.11 Å². The Kier molecular flexibility index (Phi) is 6.00. The van der Waals surface area contributed by atoms with Crippen LogP contribution in [0.3, 0.4) is 0 Å². The fourth-order valence-electron chi connectivity index (χ4n) is 2.97. The van der Waals surface area contributed by atoms with Gasteiger partial charge in [-0.15, -0.1) is 0 Å². The molecule has 1 N–H and O–H groups in total. The third-order valence-corrected chi connectivity index (χ3v) is 4.84. The minimum absolute atomic E-state index is 0.334. The summed E-state index contributed by atoms with van der Waals surface area (Å²) in [5, 5.41) is 11.5. The van der Waals surface area contributed by atoms with Gasteiger partial charge in [0.2, 0.25) is 0 Å². The van der Waals surface area contributed by atoms with Crippen LogP contribution in [0, 0.1) is 5.92 Å². The van der Waals surface area contributed by atoms with Gasteiger partial charge in [-0.2, -0.15) is 0 Å². The minimum atomic E-state index is -0.334.